The van der Waals surface area contributed by atoms with E-state index in [1.54, 1.807) is 30.3 Å². The molecule has 4 nitrogen and oxygen atoms in total. The molecule has 0 spiro atoms. The van der Waals surface area contributed by atoms with Gasteiger partial charge in [-0.3, -0.25) is 4.79 Å². The van der Waals surface area contributed by atoms with E-state index in [1.807, 2.05) is 0 Å². The predicted molar refractivity (Wildman–Crippen MR) is 80.5 cm³/mol. The number of amides is 1. The predicted octanol–water partition coefficient (Wildman–Crippen LogP) is 3.13. The zero-order valence-corrected chi connectivity index (χ0v) is 12.4. The first-order valence-corrected chi connectivity index (χ1v) is 7.02. The summed E-state index contributed by atoms with van der Waals surface area (Å²) in [6.45, 7) is 0. The van der Waals surface area contributed by atoms with Crippen molar-refractivity contribution >= 4 is 11.9 Å². The monoisotopic (exact) mass is 337 g/mol. The number of carbonyl (C=O) groups is 2. The fourth-order valence-electron chi connectivity index (χ4n) is 2.13. The second-order valence-corrected chi connectivity index (χ2v) is 5.13. The summed E-state index contributed by atoms with van der Waals surface area (Å²) < 4.78 is 38.1. The molecule has 126 valence electrons. The van der Waals surface area contributed by atoms with Crippen LogP contribution in [0.25, 0.3) is 0 Å². The third-order valence-electron chi connectivity index (χ3n) is 3.34. The van der Waals surface area contributed by atoms with E-state index < -0.39 is 29.7 Å². The minimum Gasteiger partial charge on any atom is -0.480 e. The Morgan fingerprint density at radius 3 is 2.29 bits per heavy atom. The van der Waals surface area contributed by atoms with Crippen LogP contribution in [0.2, 0.25) is 0 Å². The maximum absolute atomic E-state index is 12.7. The minimum atomic E-state index is -4.58. The van der Waals surface area contributed by atoms with Gasteiger partial charge >= 0.3 is 12.1 Å². The van der Waals surface area contributed by atoms with Crippen molar-refractivity contribution in [1.29, 1.82) is 0 Å². The number of nitrogens with one attached hydrogen (secondary N) is 1. The van der Waals surface area contributed by atoms with Crippen LogP contribution in [-0.4, -0.2) is 23.0 Å². The van der Waals surface area contributed by atoms with Crippen LogP contribution in [0, 0.1) is 0 Å². The highest BCUT2D eigenvalue weighted by molar-refractivity contribution is 5.96. The van der Waals surface area contributed by atoms with E-state index in [9.17, 15) is 27.9 Å². The maximum atomic E-state index is 12.7. The zero-order chi connectivity index (χ0) is 17.7. The first kappa shape index (κ1) is 17.5. The molecule has 7 heteroatoms. The number of carboxylic acids is 1. The van der Waals surface area contributed by atoms with Crippen molar-refractivity contribution in [1.82, 2.24) is 5.32 Å². The average molecular weight is 337 g/mol. The number of hydrogen-bond donors (Lipinski definition) is 2. The molecule has 0 fully saturated rings. The van der Waals surface area contributed by atoms with E-state index in [-0.39, 0.29) is 12.0 Å². The Hall–Kier alpha value is -2.83. The lowest BCUT2D eigenvalue weighted by molar-refractivity contribution is -0.139. The van der Waals surface area contributed by atoms with Crippen LogP contribution in [0.3, 0.4) is 0 Å². The number of carboxylic acid groups (broad SMARTS) is 1. The number of halogens is 3. The molecule has 0 saturated heterocycles. The number of hydrogen-bond acceptors (Lipinski definition) is 2. The number of alkyl halides is 3. The van der Waals surface area contributed by atoms with Crippen molar-refractivity contribution in [3.05, 3.63) is 71.3 Å². The molecular formula is C17H14F3NO3. The third kappa shape index (κ3) is 4.58. The number of rotatable bonds is 5. The maximum Gasteiger partial charge on any atom is 0.416 e. The first-order valence-electron chi connectivity index (χ1n) is 7.02. The Kier molecular flexibility index (Phi) is 5.23. The van der Waals surface area contributed by atoms with Crippen molar-refractivity contribution < 1.29 is 27.9 Å². The molecule has 0 heterocycles. The molecule has 1 amide bonds. The zero-order valence-electron chi connectivity index (χ0n) is 12.4. The first-order chi connectivity index (χ1) is 11.3. The summed E-state index contributed by atoms with van der Waals surface area (Å²) in [7, 11) is 0. The fourth-order valence-corrected chi connectivity index (χ4v) is 2.13. The van der Waals surface area contributed by atoms with Crippen molar-refractivity contribution in [2.24, 2.45) is 0 Å². The van der Waals surface area contributed by atoms with Crippen LogP contribution in [-0.2, 0) is 17.4 Å². The summed E-state index contributed by atoms with van der Waals surface area (Å²) in [4.78, 5) is 23.4. The Bertz CT molecular complexity index is 729. The van der Waals surface area contributed by atoms with E-state index in [0.29, 0.717) is 11.6 Å². The molecule has 0 aliphatic carbocycles. The van der Waals surface area contributed by atoms with Crippen LogP contribution < -0.4 is 5.32 Å². The lowest BCUT2D eigenvalue weighted by atomic mass is 10.0. The molecule has 0 saturated carbocycles. The summed E-state index contributed by atoms with van der Waals surface area (Å²) in [5.41, 5.74) is -0.525. The summed E-state index contributed by atoms with van der Waals surface area (Å²) in [6, 6.07) is 11.2. The van der Waals surface area contributed by atoms with Gasteiger partial charge in [-0.25, -0.2) is 4.79 Å². The quantitative estimate of drug-likeness (QED) is 0.881. The van der Waals surface area contributed by atoms with Crippen LogP contribution in [0.1, 0.15) is 21.5 Å². The van der Waals surface area contributed by atoms with Crippen molar-refractivity contribution in [3.63, 3.8) is 0 Å². The van der Waals surface area contributed by atoms with Crippen LogP contribution in [0.4, 0.5) is 13.2 Å². The number of aliphatic carboxylic acids is 1. The van der Waals surface area contributed by atoms with E-state index in [0.717, 1.165) is 12.1 Å². The molecular weight excluding hydrogens is 323 g/mol. The molecule has 0 aromatic heterocycles. The summed E-state index contributed by atoms with van der Waals surface area (Å²) in [5.74, 6) is -2.14. The molecule has 2 aromatic carbocycles. The van der Waals surface area contributed by atoms with E-state index in [1.165, 1.54) is 6.07 Å². The second kappa shape index (κ2) is 7.16. The Labute approximate surface area is 135 Å². The van der Waals surface area contributed by atoms with Crippen molar-refractivity contribution in [3.8, 4) is 0 Å². The third-order valence-corrected chi connectivity index (χ3v) is 3.34. The van der Waals surface area contributed by atoms with Crippen LogP contribution in [0.5, 0.6) is 0 Å². The summed E-state index contributed by atoms with van der Waals surface area (Å²) in [5, 5.41) is 11.5. The van der Waals surface area contributed by atoms with Gasteiger partial charge in [0.05, 0.1) is 5.56 Å². The molecule has 0 radical (unpaired) electrons. The standard InChI is InChI=1S/C17H14F3NO3/c18-17(19,20)13-8-4-7-12(10-13)15(22)21-14(16(23)24)9-11-5-2-1-3-6-11/h1-8,10,14H,9H2,(H,21,22)(H,23,24). The highest BCUT2D eigenvalue weighted by Gasteiger charge is 2.31. The SMILES string of the molecule is O=C(NC(Cc1ccccc1)C(=O)O)c1cccc(C(F)(F)F)c1. The molecule has 2 N–H and O–H groups in total. The van der Waals surface area contributed by atoms with Gasteiger partial charge in [0.25, 0.3) is 5.91 Å². The highest BCUT2D eigenvalue weighted by atomic mass is 19.4. The molecule has 0 bridgehead atoms. The Morgan fingerprint density at radius 1 is 1.04 bits per heavy atom. The fraction of sp³-hybridized carbons (Fsp3) is 0.176. The smallest absolute Gasteiger partial charge is 0.416 e. The summed E-state index contributed by atoms with van der Waals surface area (Å²) >= 11 is 0. The van der Waals surface area contributed by atoms with Gasteiger partial charge in [0.15, 0.2) is 0 Å². The molecule has 2 rings (SSSR count). The van der Waals surface area contributed by atoms with Crippen LogP contribution in [0.15, 0.2) is 54.6 Å². The normalized spacial score (nSPS) is 12.5. The average Bonchev–Trinajstić information content (AvgIpc) is 2.54. The Balaban J connectivity index is 2.15. The van der Waals surface area contributed by atoms with Gasteiger partial charge in [-0.2, -0.15) is 13.2 Å². The summed E-state index contributed by atoms with van der Waals surface area (Å²) in [6.07, 6.45) is -4.55. The minimum absolute atomic E-state index is 0.0286. The molecule has 2 aromatic rings. The van der Waals surface area contributed by atoms with E-state index in [4.69, 9.17) is 0 Å². The molecule has 24 heavy (non-hydrogen) atoms. The van der Waals surface area contributed by atoms with Crippen LogP contribution >= 0.6 is 0 Å². The van der Waals surface area contributed by atoms with E-state index >= 15 is 0 Å². The molecule has 0 aliphatic heterocycles. The number of benzene rings is 2. The number of carbonyl (C=O) groups excluding carboxylic acids is 1. The Morgan fingerprint density at radius 2 is 1.71 bits per heavy atom. The second-order valence-electron chi connectivity index (χ2n) is 5.13. The van der Waals surface area contributed by atoms with Gasteiger partial charge in [0.1, 0.15) is 6.04 Å². The topological polar surface area (TPSA) is 66.4 Å². The molecule has 1 atom stereocenters. The van der Waals surface area contributed by atoms with Gasteiger partial charge in [0, 0.05) is 12.0 Å². The van der Waals surface area contributed by atoms with E-state index in [2.05, 4.69) is 5.32 Å². The van der Waals surface area contributed by atoms with Gasteiger partial charge in [0.2, 0.25) is 0 Å². The lowest BCUT2D eigenvalue weighted by Crippen LogP contribution is -2.42. The van der Waals surface area contributed by atoms with Gasteiger partial charge in [-0.05, 0) is 23.8 Å². The van der Waals surface area contributed by atoms with Gasteiger partial charge in [-0.1, -0.05) is 36.4 Å². The van der Waals surface area contributed by atoms with Crippen molar-refractivity contribution in [2.45, 2.75) is 18.6 Å². The van der Waals surface area contributed by atoms with Crippen molar-refractivity contribution in [2.75, 3.05) is 0 Å². The molecule has 0 aliphatic rings. The largest absolute Gasteiger partial charge is 0.480 e. The van der Waals surface area contributed by atoms with Gasteiger partial charge < -0.3 is 10.4 Å². The van der Waals surface area contributed by atoms with Gasteiger partial charge in [-0.15, -0.1) is 0 Å². The molecule has 1 unspecified atom stereocenters. The lowest BCUT2D eigenvalue weighted by Gasteiger charge is -2.15. The highest BCUT2D eigenvalue weighted by Crippen LogP contribution is 2.29.